The second kappa shape index (κ2) is 15.0. The summed E-state index contributed by atoms with van der Waals surface area (Å²) >= 11 is 0. The zero-order chi connectivity index (χ0) is 31.4. The van der Waals surface area contributed by atoms with Crippen LogP contribution in [0.15, 0.2) is 91.7 Å². The Morgan fingerprint density at radius 1 is 0.622 bits per heavy atom. The van der Waals surface area contributed by atoms with Gasteiger partial charge in [-0.25, -0.2) is 0 Å². The summed E-state index contributed by atoms with van der Waals surface area (Å²) in [5, 5.41) is 0. The van der Waals surface area contributed by atoms with Crippen molar-refractivity contribution in [2.75, 3.05) is 9.80 Å². The summed E-state index contributed by atoms with van der Waals surface area (Å²) in [6, 6.07) is 21.3. The third-order valence-electron chi connectivity index (χ3n) is 7.96. The van der Waals surface area contributed by atoms with E-state index in [0.29, 0.717) is 35.2 Å². The maximum atomic E-state index is 4.37. The molecule has 6 rings (SSSR count). The summed E-state index contributed by atoms with van der Waals surface area (Å²) < 4.78 is 0. The topological polar surface area (TPSA) is 59.2 Å². The standard InChI is InChI=1S/C27H37N2.C11H7N4.Au/c1-18(2)22-11-9-12-23(19(3)4)26(22)28-15-16-29(17-28)27-24(20(5)6)13-10-14-25(27)21(7)8;1-2-4-9-8(3-1)14-11(15-9)10-7-12-5-6-13-10;/h9-21H,1-8H3;1-7H;/q2*-1;. The van der Waals surface area contributed by atoms with Crippen molar-refractivity contribution in [1.29, 1.82) is 0 Å². The van der Waals surface area contributed by atoms with Crippen LogP contribution in [0, 0.1) is 6.67 Å². The fourth-order valence-corrected chi connectivity index (χ4v) is 5.67. The van der Waals surface area contributed by atoms with Gasteiger partial charge in [-0.1, -0.05) is 116 Å². The van der Waals surface area contributed by atoms with Crippen molar-refractivity contribution >= 4 is 22.4 Å². The smallest absolute Gasteiger partial charge is 0.0803 e. The van der Waals surface area contributed by atoms with Crippen LogP contribution in [0.25, 0.3) is 22.6 Å². The fourth-order valence-electron chi connectivity index (χ4n) is 5.67. The quantitative estimate of drug-likeness (QED) is 0.121. The predicted octanol–water partition coefficient (Wildman–Crippen LogP) is 9.74. The van der Waals surface area contributed by atoms with Crippen molar-refractivity contribution in [3.05, 3.63) is 121 Å². The number of anilines is 2. The van der Waals surface area contributed by atoms with Gasteiger partial charge in [0.2, 0.25) is 0 Å². The molecule has 0 bridgehead atoms. The van der Waals surface area contributed by atoms with Crippen LogP contribution in [0.3, 0.4) is 0 Å². The number of rotatable bonds is 7. The first kappa shape index (κ1) is 34.2. The van der Waals surface area contributed by atoms with Crippen molar-refractivity contribution in [2.24, 2.45) is 0 Å². The molecule has 5 aromatic rings. The van der Waals surface area contributed by atoms with E-state index >= 15 is 0 Å². The Labute approximate surface area is 284 Å². The largest absolute Gasteiger partial charge is 0.479 e. The molecule has 1 aliphatic heterocycles. The maximum absolute atomic E-state index is 4.37. The van der Waals surface area contributed by atoms with Crippen LogP contribution in [0.1, 0.15) is 101 Å². The Hall–Kier alpha value is -3.71. The number of para-hydroxylation sites is 4. The summed E-state index contributed by atoms with van der Waals surface area (Å²) in [4.78, 5) is 21.5. The molecule has 0 saturated carbocycles. The van der Waals surface area contributed by atoms with Crippen LogP contribution in [-0.2, 0) is 22.4 Å². The van der Waals surface area contributed by atoms with Crippen LogP contribution >= 0.6 is 0 Å². The number of nitrogens with zero attached hydrogens (tertiary/aromatic N) is 6. The van der Waals surface area contributed by atoms with Crippen LogP contribution < -0.4 is 14.8 Å². The van der Waals surface area contributed by atoms with Crippen LogP contribution in [0.2, 0.25) is 0 Å². The summed E-state index contributed by atoms with van der Waals surface area (Å²) in [5.74, 6) is 2.55. The summed E-state index contributed by atoms with van der Waals surface area (Å²) in [6.07, 6.45) is 9.36. The normalized spacial score (nSPS) is 12.8. The van der Waals surface area contributed by atoms with E-state index in [1.165, 1.54) is 33.6 Å². The third-order valence-corrected chi connectivity index (χ3v) is 7.96. The number of benzene rings is 3. The molecular formula is C38H44AuN6-2. The molecule has 3 aromatic carbocycles. The molecule has 239 valence electrons. The van der Waals surface area contributed by atoms with Gasteiger partial charge in [0.25, 0.3) is 0 Å². The molecule has 1 radical (unpaired) electrons. The number of fused-ring (bicyclic) bond motifs is 1. The van der Waals surface area contributed by atoms with E-state index in [-0.39, 0.29) is 22.4 Å². The molecule has 0 atom stereocenters. The van der Waals surface area contributed by atoms with Crippen LogP contribution in [-0.4, -0.2) is 15.0 Å². The van der Waals surface area contributed by atoms with Crippen molar-refractivity contribution in [2.45, 2.75) is 79.1 Å². The van der Waals surface area contributed by atoms with E-state index in [2.05, 4.69) is 141 Å². The van der Waals surface area contributed by atoms with Gasteiger partial charge in [-0.15, -0.1) is 6.67 Å². The minimum absolute atomic E-state index is 0. The molecular weight excluding hydrogens is 737 g/mol. The number of hydrogen-bond acceptors (Lipinski definition) is 5. The average molecular weight is 782 g/mol. The fraction of sp³-hybridized carbons (Fsp3) is 0.316. The molecule has 0 fully saturated rings. The molecule has 0 spiro atoms. The molecule has 0 unspecified atom stereocenters. The molecule has 2 aromatic heterocycles. The van der Waals surface area contributed by atoms with Crippen LogP contribution in [0.5, 0.6) is 0 Å². The van der Waals surface area contributed by atoms with Gasteiger partial charge in [-0.2, -0.15) is 0 Å². The average Bonchev–Trinajstić information content (AvgIpc) is 3.69. The predicted molar refractivity (Wildman–Crippen MR) is 184 cm³/mol. The Morgan fingerprint density at radius 2 is 1.11 bits per heavy atom. The van der Waals surface area contributed by atoms with E-state index in [1.54, 1.807) is 18.6 Å². The third kappa shape index (κ3) is 7.58. The first-order chi connectivity index (χ1) is 21.2. The van der Waals surface area contributed by atoms with E-state index in [0.717, 1.165) is 11.0 Å². The van der Waals surface area contributed by atoms with Gasteiger partial charge in [-0.3, -0.25) is 9.97 Å². The first-order valence-electron chi connectivity index (χ1n) is 15.7. The van der Waals surface area contributed by atoms with E-state index in [4.69, 9.17) is 0 Å². The Kier molecular flexibility index (Phi) is 11.4. The van der Waals surface area contributed by atoms with Crippen molar-refractivity contribution in [3.63, 3.8) is 0 Å². The van der Waals surface area contributed by atoms with E-state index in [9.17, 15) is 0 Å². The molecule has 0 aliphatic carbocycles. The molecule has 0 amide bonds. The Morgan fingerprint density at radius 3 is 1.53 bits per heavy atom. The number of aromatic nitrogens is 4. The van der Waals surface area contributed by atoms with Gasteiger partial charge in [0.15, 0.2) is 0 Å². The minimum Gasteiger partial charge on any atom is -0.479 e. The monoisotopic (exact) mass is 781 g/mol. The molecule has 0 saturated heterocycles. The maximum Gasteiger partial charge on any atom is 0.0803 e. The van der Waals surface area contributed by atoms with E-state index < -0.39 is 0 Å². The van der Waals surface area contributed by atoms with Crippen molar-refractivity contribution in [3.8, 4) is 11.5 Å². The van der Waals surface area contributed by atoms with Crippen LogP contribution in [0.4, 0.5) is 11.4 Å². The van der Waals surface area contributed by atoms with Gasteiger partial charge in [-0.05, 0) is 75.2 Å². The van der Waals surface area contributed by atoms with Gasteiger partial charge < -0.3 is 19.8 Å². The molecule has 6 nitrogen and oxygen atoms in total. The van der Waals surface area contributed by atoms with Gasteiger partial charge in [0, 0.05) is 46.1 Å². The minimum atomic E-state index is 0. The first-order valence-corrected chi connectivity index (χ1v) is 15.7. The second-order valence-corrected chi connectivity index (χ2v) is 12.5. The second-order valence-electron chi connectivity index (χ2n) is 12.5. The zero-order valence-electron chi connectivity index (χ0n) is 27.5. The summed E-state index contributed by atoms with van der Waals surface area (Å²) in [5.41, 5.74) is 10.8. The molecule has 3 heterocycles. The van der Waals surface area contributed by atoms with Gasteiger partial charge >= 0.3 is 0 Å². The van der Waals surface area contributed by atoms with Crippen molar-refractivity contribution < 1.29 is 22.4 Å². The number of hydrogen-bond donors (Lipinski definition) is 0. The number of imidazole rings is 1. The SMILES string of the molecule is CC(C)c1cccc(C(C)C)c1N1C=CN(c2c(C(C)C)cccc2C(C)C)[CH-]1.[Au].c1ccc2[n-]c(-c3cnccn3)nc2c1. The zero-order valence-corrected chi connectivity index (χ0v) is 29.7. The van der Waals surface area contributed by atoms with Gasteiger partial charge in [0.1, 0.15) is 0 Å². The Balaban J connectivity index is 0.000000240. The van der Waals surface area contributed by atoms with Crippen molar-refractivity contribution in [1.82, 2.24) is 19.9 Å². The molecule has 0 N–H and O–H groups in total. The summed E-state index contributed by atoms with van der Waals surface area (Å²) in [7, 11) is 0. The molecule has 45 heavy (non-hydrogen) atoms. The van der Waals surface area contributed by atoms with E-state index in [1.807, 2.05) is 24.3 Å². The van der Waals surface area contributed by atoms with Gasteiger partial charge in [0.05, 0.1) is 11.9 Å². The Bertz CT molecular complexity index is 1560. The molecule has 7 heteroatoms. The summed E-state index contributed by atoms with van der Waals surface area (Å²) in [6.45, 7) is 20.5. The molecule has 1 aliphatic rings.